The number of aryl methyl sites for hydroxylation is 1. The molecule has 3 nitrogen and oxygen atoms in total. The van der Waals surface area contributed by atoms with E-state index in [1.165, 1.54) is 6.07 Å². The van der Waals surface area contributed by atoms with Crippen LogP contribution in [0, 0.1) is 10.1 Å². The van der Waals surface area contributed by atoms with E-state index >= 15 is 0 Å². The summed E-state index contributed by atoms with van der Waals surface area (Å²) in [6.45, 7) is 2.01. The van der Waals surface area contributed by atoms with Crippen LogP contribution in [0.3, 0.4) is 0 Å². The molecule has 1 aromatic rings. The Labute approximate surface area is 108 Å². The molecule has 0 aliphatic carbocycles. The number of hydrogen-bond donors (Lipinski definition) is 0. The summed E-state index contributed by atoms with van der Waals surface area (Å²) < 4.78 is 0.723. The summed E-state index contributed by atoms with van der Waals surface area (Å²) in [4.78, 5) is 10.5. The second kappa shape index (κ2) is 6.21. The average molecular weight is 307 g/mol. The van der Waals surface area contributed by atoms with Gasteiger partial charge in [-0.15, -0.1) is 11.6 Å². The van der Waals surface area contributed by atoms with Crippen LogP contribution in [0.25, 0.3) is 0 Å². The highest BCUT2D eigenvalue weighted by atomic mass is 79.9. The first-order valence-corrected chi connectivity index (χ1v) is 6.34. The molecule has 0 aliphatic heterocycles. The van der Waals surface area contributed by atoms with Gasteiger partial charge in [0.2, 0.25) is 0 Å². The summed E-state index contributed by atoms with van der Waals surface area (Å²) in [5, 5.41) is 10.9. The zero-order valence-corrected chi connectivity index (χ0v) is 11.3. The van der Waals surface area contributed by atoms with Gasteiger partial charge in [-0.25, -0.2) is 0 Å². The van der Waals surface area contributed by atoms with Crippen molar-refractivity contribution in [3.05, 3.63) is 38.3 Å². The first kappa shape index (κ1) is 13.5. The van der Waals surface area contributed by atoms with Crippen molar-refractivity contribution in [1.82, 2.24) is 0 Å². The molecule has 1 aromatic carbocycles. The van der Waals surface area contributed by atoms with E-state index < -0.39 is 0 Å². The Kier molecular flexibility index (Phi) is 5.22. The molecule has 0 spiro atoms. The Morgan fingerprint density at radius 2 is 2.25 bits per heavy atom. The molecule has 1 rings (SSSR count). The topological polar surface area (TPSA) is 43.1 Å². The lowest BCUT2D eigenvalue weighted by atomic mass is 10.1. The molecule has 0 fully saturated rings. The van der Waals surface area contributed by atoms with Crippen molar-refractivity contribution in [2.75, 3.05) is 0 Å². The molecule has 0 saturated heterocycles. The number of nitrogens with zero attached hydrogens (tertiary/aromatic N) is 1. The molecule has 1 atom stereocenters. The minimum absolute atomic E-state index is 0.0863. The van der Waals surface area contributed by atoms with Gasteiger partial charge in [0.1, 0.15) is 0 Å². The number of alkyl halides is 1. The fraction of sp³-hybridized carbons (Fsp3) is 0.455. The summed E-state index contributed by atoms with van der Waals surface area (Å²) in [7, 11) is 0. The lowest BCUT2D eigenvalue weighted by Gasteiger charge is -2.06. The van der Waals surface area contributed by atoms with Crippen LogP contribution in [-0.4, -0.2) is 10.3 Å². The third kappa shape index (κ3) is 3.76. The Morgan fingerprint density at radius 3 is 2.81 bits per heavy atom. The number of halogens is 2. The molecule has 0 radical (unpaired) electrons. The van der Waals surface area contributed by atoms with Gasteiger partial charge in [-0.2, -0.15) is 0 Å². The second-order valence-corrected chi connectivity index (χ2v) is 5.11. The van der Waals surface area contributed by atoms with Crippen LogP contribution in [0.1, 0.15) is 25.3 Å². The number of hydrogen-bond acceptors (Lipinski definition) is 2. The van der Waals surface area contributed by atoms with Gasteiger partial charge in [-0.3, -0.25) is 10.1 Å². The molecule has 5 heteroatoms. The van der Waals surface area contributed by atoms with Crippen molar-refractivity contribution in [3.8, 4) is 0 Å². The number of rotatable bonds is 5. The van der Waals surface area contributed by atoms with Gasteiger partial charge in [-0.1, -0.05) is 28.9 Å². The van der Waals surface area contributed by atoms with Gasteiger partial charge in [0.25, 0.3) is 5.69 Å². The average Bonchev–Trinajstić information content (AvgIpc) is 2.26. The molecular weight excluding hydrogens is 293 g/mol. The van der Waals surface area contributed by atoms with Gasteiger partial charge >= 0.3 is 0 Å². The van der Waals surface area contributed by atoms with Crippen LogP contribution in [0.2, 0.25) is 0 Å². The standard InChI is InChI=1S/C11H13BrClNO2/c1-2-10(13)6-4-8-3-5-9(12)7-11(8)14(15)16/h3,5,7,10H,2,4,6H2,1H3. The van der Waals surface area contributed by atoms with Crippen molar-refractivity contribution in [2.24, 2.45) is 0 Å². The highest BCUT2D eigenvalue weighted by Gasteiger charge is 2.14. The van der Waals surface area contributed by atoms with E-state index in [2.05, 4.69) is 15.9 Å². The zero-order chi connectivity index (χ0) is 12.1. The van der Waals surface area contributed by atoms with E-state index in [0.717, 1.165) is 22.9 Å². The molecule has 0 bridgehead atoms. The fourth-order valence-corrected chi connectivity index (χ4v) is 1.89. The minimum Gasteiger partial charge on any atom is -0.258 e. The highest BCUT2D eigenvalue weighted by Crippen LogP contribution is 2.25. The Balaban J connectivity index is 2.82. The van der Waals surface area contributed by atoms with Crippen LogP contribution in [0.15, 0.2) is 22.7 Å². The second-order valence-electron chi connectivity index (χ2n) is 3.57. The van der Waals surface area contributed by atoms with Gasteiger partial charge in [0.05, 0.1) is 4.92 Å². The first-order chi connectivity index (χ1) is 7.54. The van der Waals surface area contributed by atoms with E-state index in [-0.39, 0.29) is 16.0 Å². The molecule has 0 amide bonds. The highest BCUT2D eigenvalue weighted by molar-refractivity contribution is 9.10. The van der Waals surface area contributed by atoms with Crippen molar-refractivity contribution in [2.45, 2.75) is 31.6 Å². The molecule has 0 aromatic heterocycles. The van der Waals surface area contributed by atoms with Crippen molar-refractivity contribution in [3.63, 3.8) is 0 Å². The fourth-order valence-electron chi connectivity index (χ4n) is 1.43. The predicted octanol–water partition coefficient (Wildman–Crippen LogP) is 4.31. The molecular formula is C11H13BrClNO2. The molecule has 0 saturated carbocycles. The quantitative estimate of drug-likeness (QED) is 0.462. The zero-order valence-electron chi connectivity index (χ0n) is 8.95. The molecule has 0 aliphatic rings. The Bertz CT molecular complexity index is 384. The van der Waals surface area contributed by atoms with Gasteiger partial charge in [-0.05, 0) is 25.3 Å². The van der Waals surface area contributed by atoms with Crippen molar-refractivity contribution in [1.29, 1.82) is 0 Å². The normalized spacial score (nSPS) is 12.4. The van der Waals surface area contributed by atoms with Crippen LogP contribution < -0.4 is 0 Å². The molecule has 0 heterocycles. The van der Waals surface area contributed by atoms with Crippen LogP contribution in [0.4, 0.5) is 5.69 Å². The van der Waals surface area contributed by atoms with Gasteiger partial charge in [0.15, 0.2) is 0 Å². The summed E-state index contributed by atoms with van der Waals surface area (Å²) >= 11 is 9.23. The Hall–Kier alpha value is -0.610. The van der Waals surface area contributed by atoms with Crippen LogP contribution in [-0.2, 0) is 6.42 Å². The van der Waals surface area contributed by atoms with E-state index in [4.69, 9.17) is 11.6 Å². The number of benzene rings is 1. The summed E-state index contributed by atoms with van der Waals surface area (Å²) in [6, 6.07) is 5.13. The molecule has 1 unspecified atom stereocenters. The van der Waals surface area contributed by atoms with E-state index in [1.54, 1.807) is 6.07 Å². The maximum absolute atomic E-state index is 10.8. The van der Waals surface area contributed by atoms with Gasteiger partial charge in [0, 0.05) is 21.5 Å². The SMILES string of the molecule is CCC(Cl)CCc1ccc(Br)cc1[N+](=O)[O-]. The van der Waals surface area contributed by atoms with E-state index in [9.17, 15) is 10.1 Å². The third-order valence-corrected chi connectivity index (χ3v) is 3.43. The first-order valence-electron chi connectivity index (χ1n) is 5.11. The maximum Gasteiger partial charge on any atom is 0.273 e. The summed E-state index contributed by atoms with van der Waals surface area (Å²) in [5.41, 5.74) is 0.904. The molecule has 16 heavy (non-hydrogen) atoms. The summed E-state index contributed by atoms with van der Waals surface area (Å²) in [6.07, 6.45) is 2.29. The van der Waals surface area contributed by atoms with E-state index in [0.29, 0.717) is 6.42 Å². The van der Waals surface area contributed by atoms with Crippen molar-refractivity contribution >= 4 is 33.2 Å². The lowest BCUT2D eigenvalue weighted by Crippen LogP contribution is -2.01. The largest absolute Gasteiger partial charge is 0.273 e. The van der Waals surface area contributed by atoms with Crippen LogP contribution >= 0.6 is 27.5 Å². The monoisotopic (exact) mass is 305 g/mol. The Morgan fingerprint density at radius 1 is 1.56 bits per heavy atom. The minimum atomic E-state index is -0.352. The van der Waals surface area contributed by atoms with Gasteiger partial charge < -0.3 is 0 Å². The predicted molar refractivity (Wildman–Crippen MR) is 69.0 cm³/mol. The number of nitro benzene ring substituents is 1. The van der Waals surface area contributed by atoms with E-state index in [1.807, 2.05) is 13.0 Å². The smallest absolute Gasteiger partial charge is 0.258 e. The third-order valence-electron chi connectivity index (χ3n) is 2.41. The van der Waals surface area contributed by atoms with Crippen LogP contribution in [0.5, 0.6) is 0 Å². The lowest BCUT2D eigenvalue weighted by molar-refractivity contribution is -0.385. The maximum atomic E-state index is 10.8. The molecule has 88 valence electrons. The summed E-state index contributed by atoms with van der Waals surface area (Å²) in [5.74, 6) is 0. The van der Waals surface area contributed by atoms with Crippen molar-refractivity contribution < 1.29 is 4.92 Å². The molecule has 0 N–H and O–H groups in total. The number of nitro groups is 1.